The highest BCUT2D eigenvalue weighted by molar-refractivity contribution is 7.99. The summed E-state index contributed by atoms with van der Waals surface area (Å²) in [4.78, 5) is 14.7. The van der Waals surface area contributed by atoms with Crippen LogP contribution in [0.4, 0.5) is 11.6 Å². The van der Waals surface area contributed by atoms with E-state index in [0.29, 0.717) is 37.0 Å². The third-order valence-electron chi connectivity index (χ3n) is 4.56. The Balaban J connectivity index is 1.65. The minimum atomic E-state index is -3.54. The molecule has 0 atom stereocenters. The predicted molar refractivity (Wildman–Crippen MR) is 112 cm³/mol. The molecule has 3 rings (SSSR count). The van der Waals surface area contributed by atoms with E-state index in [1.165, 1.54) is 32.8 Å². The smallest absolute Gasteiger partial charge is 0.244 e. The summed E-state index contributed by atoms with van der Waals surface area (Å²) in [5.41, 5.74) is 6.29. The van der Waals surface area contributed by atoms with Crippen molar-refractivity contribution in [3.63, 3.8) is 0 Å². The van der Waals surface area contributed by atoms with Crippen LogP contribution in [-0.2, 0) is 21.4 Å². The first-order valence-corrected chi connectivity index (χ1v) is 11.6. The van der Waals surface area contributed by atoms with Gasteiger partial charge in [-0.3, -0.25) is 9.36 Å². The maximum absolute atomic E-state index is 12.8. The van der Waals surface area contributed by atoms with E-state index >= 15 is 0 Å². The zero-order valence-electron chi connectivity index (χ0n) is 16.4. The highest BCUT2D eigenvalue weighted by Crippen LogP contribution is 2.21. The molecule has 3 N–H and O–H groups in total. The van der Waals surface area contributed by atoms with E-state index < -0.39 is 10.0 Å². The van der Waals surface area contributed by atoms with Gasteiger partial charge in [0.05, 0.1) is 4.90 Å². The molecule has 0 radical (unpaired) electrons. The summed E-state index contributed by atoms with van der Waals surface area (Å²) in [5, 5.41) is 11.1. The van der Waals surface area contributed by atoms with Gasteiger partial charge in [0.15, 0.2) is 5.16 Å². The molecule has 1 aliphatic rings. The Bertz CT molecular complexity index is 952. The molecule has 2 aromatic rings. The molecule has 1 aliphatic heterocycles. The van der Waals surface area contributed by atoms with E-state index in [-0.39, 0.29) is 23.3 Å². The molecule has 0 spiro atoms. The normalized spacial score (nSPS) is 16.1. The lowest BCUT2D eigenvalue weighted by molar-refractivity contribution is -0.116. The van der Waals surface area contributed by atoms with Gasteiger partial charge in [-0.05, 0) is 37.1 Å². The molecule has 1 fully saturated rings. The fourth-order valence-electron chi connectivity index (χ4n) is 2.92. The minimum Gasteiger partial charge on any atom is -0.368 e. The van der Waals surface area contributed by atoms with Gasteiger partial charge in [0.25, 0.3) is 0 Å². The maximum Gasteiger partial charge on any atom is 0.244 e. The molecule has 0 bridgehead atoms. The van der Waals surface area contributed by atoms with Crippen molar-refractivity contribution >= 4 is 39.3 Å². The molecule has 1 aromatic heterocycles. The number of thioether (sulfide) groups is 1. The van der Waals surface area contributed by atoms with Crippen LogP contribution in [0.2, 0.25) is 0 Å². The summed E-state index contributed by atoms with van der Waals surface area (Å²) in [7, 11) is -1.56. The topological polar surface area (TPSA) is 126 Å². The van der Waals surface area contributed by atoms with Crippen LogP contribution < -0.4 is 11.1 Å². The van der Waals surface area contributed by atoms with Gasteiger partial charge in [0.1, 0.15) is 6.54 Å². The van der Waals surface area contributed by atoms with Crippen LogP contribution in [0.5, 0.6) is 0 Å². The van der Waals surface area contributed by atoms with E-state index in [4.69, 9.17) is 5.73 Å². The highest BCUT2D eigenvalue weighted by Gasteiger charge is 2.27. The van der Waals surface area contributed by atoms with Gasteiger partial charge in [-0.25, -0.2) is 8.42 Å². The largest absolute Gasteiger partial charge is 0.368 e. The van der Waals surface area contributed by atoms with Gasteiger partial charge in [0, 0.05) is 31.9 Å². The molecule has 10 nitrogen and oxygen atoms in total. The Labute approximate surface area is 174 Å². The Kier molecular flexibility index (Phi) is 6.77. The van der Waals surface area contributed by atoms with Crippen molar-refractivity contribution in [1.82, 2.24) is 24.0 Å². The second kappa shape index (κ2) is 9.11. The van der Waals surface area contributed by atoms with E-state index in [1.54, 1.807) is 12.1 Å². The Hall–Kier alpha value is -2.15. The number of rotatable bonds is 7. The van der Waals surface area contributed by atoms with E-state index in [0.717, 1.165) is 5.75 Å². The predicted octanol–water partition coefficient (Wildman–Crippen LogP) is 0.547. The number of nitrogens with one attached hydrogen (secondary N) is 1. The number of carbonyl (C=O) groups is 1. The average molecular weight is 440 g/mol. The summed E-state index contributed by atoms with van der Waals surface area (Å²) >= 11 is 1.44. The lowest BCUT2D eigenvalue weighted by atomic mass is 10.3. The van der Waals surface area contributed by atoms with Gasteiger partial charge < -0.3 is 16.0 Å². The average Bonchev–Trinajstić information content (AvgIpc) is 3.02. The number of hydrogen-bond donors (Lipinski definition) is 2. The van der Waals surface area contributed by atoms with Crippen LogP contribution in [-0.4, -0.2) is 77.3 Å². The van der Waals surface area contributed by atoms with E-state index in [9.17, 15) is 13.2 Å². The molecule has 0 aliphatic carbocycles. The van der Waals surface area contributed by atoms with Gasteiger partial charge in [0.2, 0.25) is 21.9 Å². The maximum atomic E-state index is 12.8. The van der Waals surface area contributed by atoms with Crippen molar-refractivity contribution < 1.29 is 13.2 Å². The number of amides is 1. The Morgan fingerprint density at radius 3 is 2.45 bits per heavy atom. The number of aromatic nitrogens is 3. The van der Waals surface area contributed by atoms with Crippen LogP contribution in [0, 0.1) is 0 Å². The standard InChI is InChI=1S/C17H25N7O3S2/c1-3-28-17-21-20-16(18)24(17)12-15(25)19-13-4-6-14(7-5-13)29(26,27)23-10-8-22(2)9-11-23/h4-7H,3,8-12H2,1-2H3,(H2,18,20)(H,19,25). The quantitative estimate of drug-likeness (QED) is 0.599. The van der Waals surface area contributed by atoms with Gasteiger partial charge in [-0.2, -0.15) is 4.31 Å². The van der Waals surface area contributed by atoms with Gasteiger partial charge in [-0.15, -0.1) is 10.2 Å². The van der Waals surface area contributed by atoms with Crippen molar-refractivity contribution in [3.8, 4) is 0 Å². The Morgan fingerprint density at radius 2 is 1.83 bits per heavy atom. The van der Waals surface area contributed by atoms with Crippen LogP contribution >= 0.6 is 11.8 Å². The zero-order valence-corrected chi connectivity index (χ0v) is 18.0. The monoisotopic (exact) mass is 439 g/mol. The number of nitrogen functional groups attached to an aromatic ring is 1. The fraction of sp³-hybridized carbons (Fsp3) is 0.471. The molecule has 2 heterocycles. The highest BCUT2D eigenvalue weighted by atomic mass is 32.2. The molecule has 29 heavy (non-hydrogen) atoms. The lowest BCUT2D eigenvalue weighted by Gasteiger charge is -2.31. The number of nitrogens with zero attached hydrogens (tertiary/aromatic N) is 5. The van der Waals surface area contributed by atoms with Crippen molar-refractivity contribution in [3.05, 3.63) is 24.3 Å². The Morgan fingerprint density at radius 1 is 1.17 bits per heavy atom. The molecule has 12 heteroatoms. The van der Waals surface area contributed by atoms with Crippen LogP contribution in [0.3, 0.4) is 0 Å². The van der Waals surface area contributed by atoms with Gasteiger partial charge >= 0.3 is 0 Å². The molecule has 0 unspecified atom stereocenters. The summed E-state index contributed by atoms with van der Waals surface area (Å²) in [6.45, 7) is 4.29. The summed E-state index contributed by atoms with van der Waals surface area (Å²) < 4.78 is 28.6. The number of carbonyl (C=O) groups excluding carboxylic acids is 1. The lowest BCUT2D eigenvalue weighted by Crippen LogP contribution is -2.46. The van der Waals surface area contributed by atoms with Crippen molar-refractivity contribution in [2.24, 2.45) is 0 Å². The molecule has 1 aromatic carbocycles. The third-order valence-corrected chi connectivity index (χ3v) is 7.32. The first-order chi connectivity index (χ1) is 13.8. The summed E-state index contributed by atoms with van der Waals surface area (Å²) in [6.07, 6.45) is 0. The van der Waals surface area contributed by atoms with Crippen LogP contribution in [0.15, 0.2) is 34.3 Å². The van der Waals surface area contributed by atoms with E-state index in [2.05, 4.69) is 20.4 Å². The van der Waals surface area contributed by atoms with Crippen molar-refractivity contribution in [1.29, 1.82) is 0 Å². The van der Waals surface area contributed by atoms with Crippen LogP contribution in [0.1, 0.15) is 6.92 Å². The number of anilines is 2. The van der Waals surface area contributed by atoms with Crippen LogP contribution in [0.25, 0.3) is 0 Å². The molecule has 1 amide bonds. The number of benzene rings is 1. The molecular weight excluding hydrogens is 414 g/mol. The first-order valence-electron chi connectivity index (χ1n) is 9.21. The minimum absolute atomic E-state index is 0.0253. The molecule has 1 saturated heterocycles. The number of likely N-dealkylation sites (N-methyl/N-ethyl adjacent to an activating group) is 1. The molecule has 158 valence electrons. The number of nitrogens with two attached hydrogens (primary N) is 1. The second-order valence-electron chi connectivity index (χ2n) is 6.64. The third kappa shape index (κ3) is 5.07. The van der Waals surface area contributed by atoms with E-state index in [1.807, 2.05) is 14.0 Å². The zero-order chi connectivity index (χ0) is 21.0. The molecular formula is C17H25N7O3S2. The number of hydrogen-bond acceptors (Lipinski definition) is 8. The van der Waals surface area contributed by atoms with Crippen molar-refractivity contribution in [2.75, 3.05) is 50.0 Å². The molecule has 0 saturated carbocycles. The summed E-state index contributed by atoms with van der Waals surface area (Å²) in [5.74, 6) is 0.650. The SMILES string of the molecule is CCSc1nnc(N)n1CC(=O)Nc1ccc(S(=O)(=O)N2CCN(C)CC2)cc1. The van der Waals surface area contributed by atoms with Gasteiger partial charge in [-0.1, -0.05) is 18.7 Å². The van der Waals surface area contributed by atoms with Crippen molar-refractivity contribution in [2.45, 2.75) is 23.5 Å². The fourth-order valence-corrected chi connectivity index (χ4v) is 5.01. The number of piperazine rings is 1. The first kappa shape index (κ1) is 21.6. The number of sulfonamides is 1. The summed E-state index contributed by atoms with van der Waals surface area (Å²) in [6, 6.07) is 6.18. The second-order valence-corrected chi connectivity index (χ2v) is 9.81.